The molecule has 0 aliphatic heterocycles. The molecule has 1 rings (SSSR count). The average Bonchev–Trinajstić information content (AvgIpc) is 2.29. The van der Waals surface area contributed by atoms with Crippen LogP contribution in [0.4, 0.5) is 0 Å². The van der Waals surface area contributed by atoms with Gasteiger partial charge in [0.25, 0.3) is 0 Å². The molecule has 0 bridgehead atoms. The molecule has 18 heavy (non-hydrogen) atoms. The molecular formula is C15H26N2O. The Hall–Kier alpha value is -1.06. The van der Waals surface area contributed by atoms with Crippen molar-refractivity contribution in [3.8, 4) is 5.75 Å². The van der Waals surface area contributed by atoms with Gasteiger partial charge in [0.15, 0.2) is 0 Å². The van der Waals surface area contributed by atoms with Crippen LogP contribution in [-0.4, -0.2) is 26.7 Å². The van der Waals surface area contributed by atoms with Crippen molar-refractivity contribution in [2.75, 3.05) is 21.2 Å². The normalized spacial score (nSPS) is 13.5. The highest BCUT2D eigenvalue weighted by Crippen LogP contribution is 2.31. The van der Waals surface area contributed by atoms with Crippen molar-refractivity contribution in [1.82, 2.24) is 10.6 Å². The van der Waals surface area contributed by atoms with Crippen molar-refractivity contribution >= 4 is 0 Å². The van der Waals surface area contributed by atoms with Gasteiger partial charge in [-0.1, -0.05) is 12.1 Å². The summed E-state index contributed by atoms with van der Waals surface area (Å²) in [5.41, 5.74) is 3.63. The zero-order chi connectivity index (χ0) is 13.9. The number of likely N-dealkylation sites (N-methyl/N-ethyl adjacent to an activating group) is 2. The standard InChI is InChI=1S/C15H26N2O/c1-10-8-12(9-11(2)13(10)18-7)14(16-5)15(3,4)17-6/h8-9,14,16-17H,1-7H3. The summed E-state index contributed by atoms with van der Waals surface area (Å²) in [5, 5.41) is 6.76. The minimum atomic E-state index is -0.0117. The van der Waals surface area contributed by atoms with Gasteiger partial charge in [-0.05, 0) is 58.5 Å². The second-order valence-electron chi connectivity index (χ2n) is 5.38. The maximum absolute atomic E-state index is 5.42. The molecule has 0 aliphatic carbocycles. The predicted octanol–water partition coefficient (Wildman–Crippen LogP) is 2.57. The van der Waals surface area contributed by atoms with Crippen LogP contribution >= 0.6 is 0 Å². The van der Waals surface area contributed by atoms with Crippen LogP contribution in [0.1, 0.15) is 36.6 Å². The van der Waals surface area contributed by atoms with Crippen LogP contribution in [0.5, 0.6) is 5.75 Å². The Labute approximate surface area is 111 Å². The van der Waals surface area contributed by atoms with Gasteiger partial charge in [0.2, 0.25) is 0 Å². The predicted molar refractivity (Wildman–Crippen MR) is 77.4 cm³/mol. The molecule has 0 fully saturated rings. The summed E-state index contributed by atoms with van der Waals surface area (Å²) in [4.78, 5) is 0. The lowest BCUT2D eigenvalue weighted by Gasteiger charge is -2.35. The van der Waals surface area contributed by atoms with Crippen molar-refractivity contribution in [2.24, 2.45) is 0 Å². The molecule has 3 heteroatoms. The number of aryl methyl sites for hydroxylation is 2. The third-order valence-corrected chi connectivity index (χ3v) is 3.67. The molecule has 0 radical (unpaired) electrons. The van der Waals surface area contributed by atoms with Crippen molar-refractivity contribution in [3.63, 3.8) is 0 Å². The summed E-state index contributed by atoms with van der Waals surface area (Å²) >= 11 is 0. The first-order valence-electron chi connectivity index (χ1n) is 6.38. The number of benzene rings is 1. The number of nitrogens with one attached hydrogen (secondary N) is 2. The molecule has 2 N–H and O–H groups in total. The summed E-state index contributed by atoms with van der Waals surface area (Å²) in [6.45, 7) is 8.58. The molecule has 0 aliphatic rings. The van der Waals surface area contributed by atoms with Crippen LogP contribution < -0.4 is 15.4 Å². The minimum absolute atomic E-state index is 0.0117. The van der Waals surface area contributed by atoms with E-state index in [2.05, 4.69) is 50.5 Å². The molecule has 0 saturated heterocycles. The second-order valence-corrected chi connectivity index (χ2v) is 5.38. The van der Waals surface area contributed by atoms with Gasteiger partial charge in [-0.3, -0.25) is 0 Å². The molecule has 102 valence electrons. The first kappa shape index (κ1) is 15.0. The van der Waals surface area contributed by atoms with E-state index in [-0.39, 0.29) is 11.6 Å². The summed E-state index contributed by atoms with van der Waals surface area (Å²) in [6, 6.07) is 4.66. The molecule has 1 atom stereocenters. The number of rotatable bonds is 5. The van der Waals surface area contributed by atoms with E-state index in [4.69, 9.17) is 4.74 Å². The number of hydrogen-bond acceptors (Lipinski definition) is 3. The average molecular weight is 250 g/mol. The fourth-order valence-corrected chi connectivity index (χ4v) is 2.56. The SMILES string of the molecule is CNC(c1cc(C)c(OC)c(C)c1)C(C)(C)NC. The third kappa shape index (κ3) is 2.85. The lowest BCUT2D eigenvalue weighted by atomic mass is 9.87. The van der Waals surface area contributed by atoms with E-state index in [0.717, 1.165) is 5.75 Å². The van der Waals surface area contributed by atoms with Crippen LogP contribution in [0.2, 0.25) is 0 Å². The van der Waals surface area contributed by atoms with Gasteiger partial charge in [0, 0.05) is 11.6 Å². The van der Waals surface area contributed by atoms with Gasteiger partial charge in [0.1, 0.15) is 5.75 Å². The van der Waals surface area contributed by atoms with Crippen LogP contribution in [0.25, 0.3) is 0 Å². The highest BCUT2D eigenvalue weighted by Gasteiger charge is 2.28. The summed E-state index contributed by atoms with van der Waals surface area (Å²) in [5.74, 6) is 0.982. The van der Waals surface area contributed by atoms with Crippen molar-refractivity contribution in [1.29, 1.82) is 0 Å². The first-order valence-corrected chi connectivity index (χ1v) is 6.38. The van der Waals surface area contributed by atoms with E-state index >= 15 is 0 Å². The molecule has 0 aromatic heterocycles. The van der Waals surface area contributed by atoms with E-state index in [1.807, 2.05) is 14.1 Å². The second kappa shape index (κ2) is 5.72. The van der Waals surface area contributed by atoms with E-state index in [9.17, 15) is 0 Å². The number of methoxy groups -OCH3 is 1. The molecule has 3 nitrogen and oxygen atoms in total. The topological polar surface area (TPSA) is 33.3 Å². The van der Waals surface area contributed by atoms with Gasteiger partial charge in [-0.15, -0.1) is 0 Å². The number of ether oxygens (including phenoxy) is 1. The largest absolute Gasteiger partial charge is 0.496 e. The molecular weight excluding hydrogens is 224 g/mol. The Bertz CT molecular complexity index is 390. The molecule has 0 spiro atoms. The minimum Gasteiger partial charge on any atom is -0.496 e. The monoisotopic (exact) mass is 250 g/mol. The zero-order valence-corrected chi connectivity index (χ0v) is 12.6. The first-order chi connectivity index (χ1) is 8.37. The van der Waals surface area contributed by atoms with Crippen LogP contribution in [0, 0.1) is 13.8 Å². The highest BCUT2D eigenvalue weighted by molar-refractivity contribution is 5.44. The molecule has 1 aromatic rings. The third-order valence-electron chi connectivity index (χ3n) is 3.67. The summed E-state index contributed by atoms with van der Waals surface area (Å²) in [6.07, 6.45) is 0. The quantitative estimate of drug-likeness (QED) is 0.842. The Kier molecular flexibility index (Phi) is 4.77. The Balaban J connectivity index is 3.24. The van der Waals surface area contributed by atoms with E-state index in [1.165, 1.54) is 16.7 Å². The van der Waals surface area contributed by atoms with Gasteiger partial charge >= 0.3 is 0 Å². The molecule has 0 amide bonds. The summed E-state index contributed by atoms with van der Waals surface area (Å²) < 4.78 is 5.42. The molecule has 0 saturated carbocycles. The maximum atomic E-state index is 5.42. The van der Waals surface area contributed by atoms with Gasteiger partial charge in [0.05, 0.1) is 7.11 Å². The Morgan fingerprint density at radius 3 is 1.94 bits per heavy atom. The lowest BCUT2D eigenvalue weighted by molar-refractivity contribution is 0.310. The van der Waals surface area contributed by atoms with Gasteiger partial charge < -0.3 is 15.4 Å². The van der Waals surface area contributed by atoms with Gasteiger partial charge in [-0.25, -0.2) is 0 Å². The van der Waals surface area contributed by atoms with E-state index in [1.54, 1.807) is 7.11 Å². The van der Waals surface area contributed by atoms with Crippen molar-refractivity contribution in [3.05, 3.63) is 28.8 Å². The number of hydrogen-bond donors (Lipinski definition) is 2. The zero-order valence-electron chi connectivity index (χ0n) is 12.6. The summed E-state index contributed by atoms with van der Waals surface area (Å²) in [7, 11) is 5.72. The highest BCUT2D eigenvalue weighted by atomic mass is 16.5. The molecule has 1 unspecified atom stereocenters. The smallest absolute Gasteiger partial charge is 0.124 e. The van der Waals surface area contributed by atoms with Crippen molar-refractivity contribution < 1.29 is 4.74 Å². The maximum Gasteiger partial charge on any atom is 0.124 e. The Morgan fingerprint density at radius 1 is 1.11 bits per heavy atom. The lowest BCUT2D eigenvalue weighted by Crippen LogP contribution is -2.47. The van der Waals surface area contributed by atoms with Gasteiger partial charge in [-0.2, -0.15) is 0 Å². The van der Waals surface area contributed by atoms with Crippen LogP contribution in [0.15, 0.2) is 12.1 Å². The Morgan fingerprint density at radius 2 is 1.61 bits per heavy atom. The van der Waals surface area contributed by atoms with E-state index < -0.39 is 0 Å². The fourth-order valence-electron chi connectivity index (χ4n) is 2.56. The van der Waals surface area contributed by atoms with Crippen LogP contribution in [0.3, 0.4) is 0 Å². The van der Waals surface area contributed by atoms with Crippen molar-refractivity contribution in [2.45, 2.75) is 39.3 Å². The van der Waals surface area contributed by atoms with E-state index in [0.29, 0.717) is 0 Å². The van der Waals surface area contributed by atoms with Crippen LogP contribution in [-0.2, 0) is 0 Å². The molecule has 0 heterocycles. The molecule has 1 aromatic carbocycles. The fraction of sp³-hybridized carbons (Fsp3) is 0.600.